The van der Waals surface area contributed by atoms with Crippen molar-refractivity contribution < 1.29 is 18.3 Å². The number of aromatic carboxylic acids is 1. The summed E-state index contributed by atoms with van der Waals surface area (Å²) in [5, 5.41) is 8.97. The van der Waals surface area contributed by atoms with Crippen molar-refractivity contribution in [2.45, 2.75) is 32.6 Å². The smallest absolute Gasteiger partial charge is 0.335 e. The number of carboxylic acids is 1. The van der Waals surface area contributed by atoms with Gasteiger partial charge in [0.2, 0.25) is 10.0 Å². The van der Waals surface area contributed by atoms with E-state index in [0.717, 1.165) is 6.07 Å². The summed E-state index contributed by atoms with van der Waals surface area (Å²) in [5.74, 6) is -0.865. The van der Waals surface area contributed by atoms with E-state index in [-0.39, 0.29) is 22.4 Å². The van der Waals surface area contributed by atoms with E-state index < -0.39 is 16.0 Å². The minimum atomic E-state index is -3.77. The van der Waals surface area contributed by atoms with Crippen molar-refractivity contribution in [1.82, 2.24) is 4.72 Å². The number of halogens is 1. The van der Waals surface area contributed by atoms with Crippen molar-refractivity contribution in [1.29, 1.82) is 0 Å². The molecule has 0 fully saturated rings. The lowest BCUT2D eigenvalue weighted by atomic mass is 9.81. The number of rotatable bonds is 6. The molecule has 0 aliphatic rings. The maximum atomic E-state index is 12.4. The molecule has 0 amide bonds. The second kappa shape index (κ2) is 6.46. The first-order chi connectivity index (χ1) is 9.47. The Balaban J connectivity index is 3.09. The van der Waals surface area contributed by atoms with Gasteiger partial charge in [-0.1, -0.05) is 27.7 Å². The van der Waals surface area contributed by atoms with Crippen LogP contribution in [0.3, 0.4) is 0 Å². The molecule has 0 saturated carbocycles. The van der Waals surface area contributed by atoms with Gasteiger partial charge in [0, 0.05) is 11.0 Å². The van der Waals surface area contributed by atoms with Crippen LogP contribution in [0.2, 0.25) is 0 Å². The van der Waals surface area contributed by atoms with Crippen LogP contribution < -0.4 is 4.72 Å². The van der Waals surface area contributed by atoms with Gasteiger partial charge in [0.15, 0.2) is 0 Å². The fourth-order valence-corrected chi connectivity index (χ4v) is 3.62. The summed E-state index contributed by atoms with van der Waals surface area (Å²) in [7, 11) is -3.77. The Morgan fingerprint density at radius 1 is 1.38 bits per heavy atom. The number of nitrogens with one attached hydrogen (secondary N) is 1. The summed E-state index contributed by atoms with van der Waals surface area (Å²) < 4.78 is 27.6. The Hall–Kier alpha value is -0.920. The van der Waals surface area contributed by atoms with Gasteiger partial charge in [-0.25, -0.2) is 17.9 Å². The highest BCUT2D eigenvalue weighted by atomic mass is 79.9. The van der Waals surface area contributed by atoms with Crippen molar-refractivity contribution in [2.24, 2.45) is 11.3 Å². The second-order valence-electron chi connectivity index (χ2n) is 5.92. The highest BCUT2D eigenvalue weighted by Gasteiger charge is 2.26. The molecule has 5 nitrogen and oxygen atoms in total. The molecule has 0 bridgehead atoms. The quantitative estimate of drug-likeness (QED) is 0.797. The summed E-state index contributed by atoms with van der Waals surface area (Å²) in [6, 6.07) is 3.92. The highest BCUT2D eigenvalue weighted by molar-refractivity contribution is 9.10. The molecule has 118 valence electrons. The molecule has 0 aliphatic heterocycles. The molecule has 2 N–H and O–H groups in total. The predicted octanol–water partition coefficient (Wildman–Crippen LogP) is 3.11. The van der Waals surface area contributed by atoms with E-state index in [1.807, 2.05) is 27.7 Å². The minimum Gasteiger partial charge on any atom is -0.478 e. The molecule has 0 saturated heterocycles. The van der Waals surface area contributed by atoms with Crippen molar-refractivity contribution in [3.8, 4) is 0 Å². The molecule has 21 heavy (non-hydrogen) atoms. The van der Waals surface area contributed by atoms with Crippen LogP contribution in [-0.2, 0) is 10.0 Å². The Morgan fingerprint density at radius 3 is 2.43 bits per heavy atom. The SMILES string of the molecule is CC(C)C(C)(C)CNS(=O)(=O)c1cc(C(=O)O)ccc1Br. The number of carboxylic acid groups (broad SMARTS) is 1. The van der Waals surface area contributed by atoms with E-state index >= 15 is 0 Å². The zero-order valence-electron chi connectivity index (χ0n) is 12.5. The molecule has 1 rings (SSSR count). The van der Waals surface area contributed by atoms with Gasteiger partial charge >= 0.3 is 5.97 Å². The topological polar surface area (TPSA) is 83.5 Å². The molecule has 0 aromatic heterocycles. The van der Waals surface area contributed by atoms with Gasteiger partial charge in [0.25, 0.3) is 0 Å². The van der Waals surface area contributed by atoms with Crippen molar-refractivity contribution in [3.05, 3.63) is 28.2 Å². The molecular formula is C14H20BrNO4S. The normalized spacial score (nSPS) is 12.7. The molecule has 0 spiro atoms. The first kappa shape index (κ1) is 18.1. The minimum absolute atomic E-state index is 0.0676. The average Bonchev–Trinajstić information content (AvgIpc) is 2.36. The Bertz CT molecular complexity index is 638. The maximum Gasteiger partial charge on any atom is 0.335 e. The number of carbonyl (C=O) groups is 1. The van der Waals surface area contributed by atoms with Gasteiger partial charge < -0.3 is 5.11 Å². The third-order valence-corrected chi connectivity index (χ3v) is 6.14. The van der Waals surface area contributed by atoms with E-state index in [1.165, 1.54) is 12.1 Å². The zero-order valence-corrected chi connectivity index (χ0v) is 14.9. The average molecular weight is 378 g/mol. The van der Waals surface area contributed by atoms with Gasteiger partial charge in [0.05, 0.1) is 10.5 Å². The summed E-state index contributed by atoms with van der Waals surface area (Å²) in [6.07, 6.45) is 0. The van der Waals surface area contributed by atoms with E-state index in [1.54, 1.807) is 0 Å². The highest BCUT2D eigenvalue weighted by Crippen LogP contribution is 2.27. The van der Waals surface area contributed by atoms with Crippen LogP contribution in [0.5, 0.6) is 0 Å². The van der Waals surface area contributed by atoms with Gasteiger partial charge in [-0.15, -0.1) is 0 Å². The van der Waals surface area contributed by atoms with Crippen LogP contribution in [0.4, 0.5) is 0 Å². The summed E-state index contributed by atoms with van der Waals surface area (Å²) >= 11 is 3.15. The van der Waals surface area contributed by atoms with Crippen molar-refractivity contribution in [3.63, 3.8) is 0 Å². The third kappa shape index (κ3) is 4.52. The lowest BCUT2D eigenvalue weighted by molar-refractivity contribution is 0.0696. The standard InChI is InChI=1S/C14H20BrNO4S/c1-9(2)14(3,4)8-16-21(19,20)12-7-10(13(17)18)5-6-11(12)15/h5-7,9,16H,8H2,1-4H3,(H,17,18). The van der Waals surface area contributed by atoms with E-state index in [0.29, 0.717) is 10.4 Å². The number of benzene rings is 1. The maximum absolute atomic E-state index is 12.4. The van der Waals surface area contributed by atoms with Crippen molar-refractivity contribution in [2.75, 3.05) is 6.54 Å². The number of hydrogen-bond donors (Lipinski definition) is 2. The summed E-state index contributed by atoms with van der Waals surface area (Å²) in [5.41, 5.74) is -0.272. The lowest BCUT2D eigenvalue weighted by Gasteiger charge is -2.29. The van der Waals surface area contributed by atoms with Gasteiger partial charge in [-0.05, 0) is 45.5 Å². The first-order valence-electron chi connectivity index (χ1n) is 6.50. The van der Waals surface area contributed by atoms with Crippen LogP contribution in [0, 0.1) is 11.3 Å². The van der Waals surface area contributed by atoms with E-state index in [2.05, 4.69) is 20.7 Å². The van der Waals surface area contributed by atoms with Crippen LogP contribution in [-0.4, -0.2) is 26.0 Å². The lowest BCUT2D eigenvalue weighted by Crippen LogP contribution is -2.37. The Kier molecular flexibility index (Phi) is 5.57. The van der Waals surface area contributed by atoms with Crippen LogP contribution in [0.1, 0.15) is 38.1 Å². The van der Waals surface area contributed by atoms with Gasteiger partial charge in [-0.3, -0.25) is 0 Å². The molecule has 0 unspecified atom stereocenters. The monoisotopic (exact) mass is 377 g/mol. The second-order valence-corrected chi connectivity index (χ2v) is 8.51. The predicted molar refractivity (Wildman–Crippen MR) is 84.9 cm³/mol. The molecule has 1 aromatic rings. The van der Waals surface area contributed by atoms with Gasteiger partial charge in [-0.2, -0.15) is 0 Å². The molecule has 0 atom stereocenters. The summed E-state index contributed by atoms with van der Waals surface area (Å²) in [6.45, 7) is 8.27. The Morgan fingerprint density at radius 2 is 1.95 bits per heavy atom. The zero-order chi connectivity index (χ0) is 16.4. The molecule has 0 heterocycles. The largest absolute Gasteiger partial charge is 0.478 e. The Labute approximate surface area is 133 Å². The fourth-order valence-electron chi connectivity index (χ4n) is 1.41. The van der Waals surface area contributed by atoms with E-state index in [9.17, 15) is 13.2 Å². The fraction of sp³-hybridized carbons (Fsp3) is 0.500. The van der Waals surface area contributed by atoms with Crippen LogP contribution >= 0.6 is 15.9 Å². The summed E-state index contributed by atoms with van der Waals surface area (Å²) in [4.78, 5) is 10.9. The molecule has 7 heteroatoms. The van der Waals surface area contributed by atoms with E-state index in [4.69, 9.17) is 5.11 Å². The molecule has 0 radical (unpaired) electrons. The molecular weight excluding hydrogens is 358 g/mol. The number of hydrogen-bond acceptors (Lipinski definition) is 3. The number of sulfonamides is 1. The van der Waals surface area contributed by atoms with Crippen molar-refractivity contribution >= 4 is 31.9 Å². The molecule has 0 aliphatic carbocycles. The first-order valence-corrected chi connectivity index (χ1v) is 8.77. The molecule has 1 aromatic carbocycles. The van der Waals surface area contributed by atoms with Crippen LogP contribution in [0.25, 0.3) is 0 Å². The van der Waals surface area contributed by atoms with Crippen LogP contribution in [0.15, 0.2) is 27.6 Å². The van der Waals surface area contributed by atoms with Gasteiger partial charge in [0.1, 0.15) is 0 Å². The third-order valence-electron chi connectivity index (χ3n) is 3.75.